The molecule has 2 fully saturated rings. The number of nitrogens with one attached hydrogen (secondary N) is 1. The average molecular weight is 655 g/mol. The molecule has 4 heterocycles. The van der Waals surface area contributed by atoms with E-state index in [4.69, 9.17) is 4.74 Å². The Bertz CT molecular complexity index is 1550. The zero-order valence-electron chi connectivity index (χ0n) is 27.2. The van der Waals surface area contributed by atoms with Crippen LogP contribution in [0.5, 0.6) is 0 Å². The van der Waals surface area contributed by atoms with E-state index < -0.39 is 28.9 Å². The molecule has 1 unspecified atom stereocenters. The number of pyridine rings is 1. The van der Waals surface area contributed by atoms with Crippen LogP contribution < -0.4 is 15.1 Å². The number of benzene rings is 1. The Hall–Kier alpha value is -4.19. The summed E-state index contributed by atoms with van der Waals surface area (Å²) in [5.41, 5.74) is -0.489. The SMILES string of the molecule is Cc1cc(C(F)(F)F)c(C#N)c(NC2CCN(CCN3CCOC4(C3)CN(C(=O)C=CCN(C)C)C4)c3ccccc3N(C)C2=O)n1. The second-order valence-electron chi connectivity index (χ2n) is 12.7. The highest BCUT2D eigenvalue weighted by atomic mass is 19.4. The summed E-state index contributed by atoms with van der Waals surface area (Å²) in [4.78, 5) is 40.2. The number of carbonyl (C=O) groups excluding carboxylic acids is 2. The van der Waals surface area contributed by atoms with E-state index in [2.05, 4.69) is 20.1 Å². The number of hydrogen-bond donors (Lipinski definition) is 1. The molecule has 14 heteroatoms. The zero-order chi connectivity index (χ0) is 33.9. The van der Waals surface area contributed by atoms with Gasteiger partial charge in [-0.15, -0.1) is 0 Å². The Morgan fingerprint density at radius 1 is 1.19 bits per heavy atom. The van der Waals surface area contributed by atoms with Crippen LogP contribution in [0.4, 0.5) is 30.4 Å². The Labute approximate surface area is 273 Å². The summed E-state index contributed by atoms with van der Waals surface area (Å²) in [6.07, 6.45) is -1.01. The van der Waals surface area contributed by atoms with Gasteiger partial charge in [-0.1, -0.05) is 18.2 Å². The number of aromatic nitrogens is 1. The summed E-state index contributed by atoms with van der Waals surface area (Å²) in [5.74, 6) is -0.616. The van der Waals surface area contributed by atoms with Crippen LogP contribution in [0.15, 0.2) is 42.5 Å². The fraction of sp³-hybridized carbons (Fsp3) is 0.515. The number of fused-ring (bicyclic) bond motifs is 1. The third-order valence-corrected chi connectivity index (χ3v) is 8.79. The van der Waals surface area contributed by atoms with Gasteiger partial charge in [0.15, 0.2) is 0 Å². The molecule has 1 aromatic heterocycles. The van der Waals surface area contributed by atoms with Gasteiger partial charge in [-0.3, -0.25) is 14.5 Å². The monoisotopic (exact) mass is 654 g/mol. The van der Waals surface area contributed by atoms with Gasteiger partial charge in [-0.05, 0) is 45.6 Å². The van der Waals surface area contributed by atoms with Crippen molar-refractivity contribution >= 4 is 29.0 Å². The minimum atomic E-state index is -4.75. The molecule has 11 nitrogen and oxygen atoms in total. The van der Waals surface area contributed by atoms with Crippen molar-refractivity contribution in [3.8, 4) is 6.07 Å². The number of anilines is 3. The second-order valence-corrected chi connectivity index (χ2v) is 12.7. The number of aryl methyl sites for hydroxylation is 1. The number of likely N-dealkylation sites (tertiary alicyclic amines) is 1. The highest BCUT2D eigenvalue weighted by Gasteiger charge is 2.48. The maximum atomic E-state index is 13.8. The number of morpholine rings is 1. The van der Waals surface area contributed by atoms with Crippen LogP contribution in [0.1, 0.15) is 23.2 Å². The van der Waals surface area contributed by atoms with Gasteiger partial charge in [0.1, 0.15) is 29.1 Å². The van der Waals surface area contributed by atoms with Gasteiger partial charge in [0.05, 0.1) is 36.6 Å². The molecule has 0 radical (unpaired) electrons. The van der Waals surface area contributed by atoms with Crippen molar-refractivity contribution in [2.45, 2.75) is 31.2 Å². The van der Waals surface area contributed by atoms with Gasteiger partial charge in [-0.25, -0.2) is 4.98 Å². The van der Waals surface area contributed by atoms with Crippen LogP contribution >= 0.6 is 0 Å². The lowest BCUT2D eigenvalue weighted by molar-refractivity contribution is -0.188. The maximum Gasteiger partial charge on any atom is 0.417 e. The number of carbonyl (C=O) groups is 2. The summed E-state index contributed by atoms with van der Waals surface area (Å²) in [7, 11) is 5.53. The first-order chi connectivity index (χ1) is 22.3. The first kappa shape index (κ1) is 34.2. The molecule has 1 atom stereocenters. The number of halogens is 3. The molecule has 1 spiro atoms. The third kappa shape index (κ3) is 7.69. The Morgan fingerprint density at radius 2 is 1.91 bits per heavy atom. The van der Waals surface area contributed by atoms with Crippen molar-refractivity contribution < 1.29 is 27.5 Å². The Balaban J connectivity index is 1.28. The predicted octanol–water partition coefficient (Wildman–Crippen LogP) is 2.97. The van der Waals surface area contributed by atoms with Crippen LogP contribution in [-0.2, 0) is 20.5 Å². The van der Waals surface area contributed by atoms with Crippen molar-refractivity contribution in [1.82, 2.24) is 19.7 Å². The summed E-state index contributed by atoms with van der Waals surface area (Å²) in [6, 6.07) is 9.10. The molecule has 2 saturated heterocycles. The highest BCUT2D eigenvalue weighted by Crippen LogP contribution is 2.36. The zero-order valence-corrected chi connectivity index (χ0v) is 27.2. The van der Waals surface area contributed by atoms with Gasteiger partial charge in [0, 0.05) is 58.1 Å². The van der Waals surface area contributed by atoms with E-state index in [0.717, 1.165) is 18.3 Å². The molecule has 2 aromatic rings. The topological polar surface area (TPSA) is 108 Å². The van der Waals surface area contributed by atoms with E-state index >= 15 is 0 Å². The van der Waals surface area contributed by atoms with E-state index in [0.29, 0.717) is 58.1 Å². The van der Waals surface area contributed by atoms with E-state index in [9.17, 15) is 28.0 Å². The largest absolute Gasteiger partial charge is 0.417 e. The number of rotatable bonds is 8. The van der Waals surface area contributed by atoms with Crippen molar-refractivity contribution in [2.24, 2.45) is 0 Å². The maximum absolute atomic E-state index is 13.8. The molecule has 3 aliphatic rings. The number of likely N-dealkylation sites (N-methyl/N-ethyl adjacent to an activating group) is 2. The summed E-state index contributed by atoms with van der Waals surface area (Å²) < 4.78 is 47.4. The van der Waals surface area contributed by atoms with Crippen LogP contribution in [0.3, 0.4) is 0 Å². The normalized spacial score (nSPS) is 20.2. The number of alkyl halides is 3. The number of nitrogens with zero attached hydrogens (tertiary/aromatic N) is 7. The molecule has 1 N–H and O–H groups in total. The molecule has 3 aliphatic heterocycles. The Kier molecular flexibility index (Phi) is 10.1. The van der Waals surface area contributed by atoms with Crippen LogP contribution in [0.25, 0.3) is 0 Å². The first-order valence-electron chi connectivity index (χ1n) is 15.6. The molecule has 5 rings (SSSR count). The van der Waals surface area contributed by atoms with Gasteiger partial charge in [0.25, 0.3) is 0 Å². The fourth-order valence-corrected chi connectivity index (χ4v) is 6.38. The molecule has 0 bridgehead atoms. The van der Waals surface area contributed by atoms with Crippen molar-refractivity contribution in [3.05, 3.63) is 59.3 Å². The standard InChI is InChI=1S/C33H41F3N8O3/c1-23-18-25(33(34,35)36)24(19-37)30(38-23)39-26-11-13-43(28-9-6-5-8-27(28)41(4)31(26)46)15-14-42-16-17-47-32(20-42)21-44(22-32)29(45)10-7-12-40(2)3/h5-10,18,26H,11-17,20-22H2,1-4H3,(H,38,39). The lowest BCUT2D eigenvalue weighted by atomic mass is 9.91. The molecular formula is C33H41F3N8O3. The van der Waals surface area contributed by atoms with E-state index in [1.807, 2.05) is 49.3 Å². The molecule has 1 aromatic carbocycles. The van der Waals surface area contributed by atoms with Crippen LogP contribution in [0, 0.1) is 18.3 Å². The van der Waals surface area contributed by atoms with Crippen LogP contribution in [0.2, 0.25) is 0 Å². The number of para-hydroxylation sites is 2. The number of nitriles is 1. The smallest absolute Gasteiger partial charge is 0.369 e. The van der Waals surface area contributed by atoms with Gasteiger partial charge < -0.3 is 29.7 Å². The van der Waals surface area contributed by atoms with Crippen molar-refractivity contribution in [3.63, 3.8) is 0 Å². The number of hydrogen-bond acceptors (Lipinski definition) is 9. The highest BCUT2D eigenvalue weighted by molar-refractivity contribution is 6.01. The third-order valence-electron chi connectivity index (χ3n) is 8.79. The van der Waals surface area contributed by atoms with Crippen LogP contribution in [-0.4, -0.2) is 123 Å². The fourth-order valence-electron chi connectivity index (χ4n) is 6.38. The predicted molar refractivity (Wildman–Crippen MR) is 172 cm³/mol. The molecule has 0 aliphatic carbocycles. The van der Waals surface area contributed by atoms with Gasteiger partial charge in [-0.2, -0.15) is 18.4 Å². The minimum Gasteiger partial charge on any atom is -0.369 e. The summed E-state index contributed by atoms with van der Waals surface area (Å²) in [5, 5.41) is 12.5. The average Bonchev–Trinajstić information content (AvgIpc) is 3.01. The van der Waals surface area contributed by atoms with Gasteiger partial charge in [0.2, 0.25) is 11.8 Å². The molecule has 47 heavy (non-hydrogen) atoms. The first-order valence-corrected chi connectivity index (χ1v) is 15.6. The molecule has 2 amide bonds. The minimum absolute atomic E-state index is 0.0188. The van der Waals surface area contributed by atoms with E-state index in [-0.39, 0.29) is 29.7 Å². The van der Waals surface area contributed by atoms with Crippen molar-refractivity contribution in [2.75, 3.05) is 95.2 Å². The second kappa shape index (κ2) is 13.9. The Morgan fingerprint density at radius 3 is 2.60 bits per heavy atom. The molecular weight excluding hydrogens is 613 g/mol. The van der Waals surface area contributed by atoms with E-state index in [1.165, 1.54) is 11.8 Å². The number of amides is 2. The lowest BCUT2D eigenvalue weighted by Gasteiger charge is -2.53. The van der Waals surface area contributed by atoms with E-state index in [1.54, 1.807) is 24.1 Å². The molecule has 252 valence electrons. The number of ether oxygens (including phenoxy) is 1. The lowest BCUT2D eigenvalue weighted by Crippen LogP contribution is -2.71. The van der Waals surface area contributed by atoms with Crippen molar-refractivity contribution in [1.29, 1.82) is 5.26 Å². The molecule has 0 saturated carbocycles. The summed E-state index contributed by atoms with van der Waals surface area (Å²) in [6.45, 7) is 6.95. The quantitative estimate of drug-likeness (QED) is 0.430. The van der Waals surface area contributed by atoms with Gasteiger partial charge >= 0.3 is 6.18 Å². The summed E-state index contributed by atoms with van der Waals surface area (Å²) >= 11 is 0.